The van der Waals surface area contributed by atoms with E-state index in [1.807, 2.05) is 26.0 Å². The Balaban J connectivity index is 1.63. The van der Waals surface area contributed by atoms with E-state index >= 15 is 0 Å². The van der Waals surface area contributed by atoms with Crippen molar-refractivity contribution in [3.8, 4) is 23.0 Å². The summed E-state index contributed by atoms with van der Waals surface area (Å²) in [7, 11) is 0. The third kappa shape index (κ3) is 5.88. The van der Waals surface area contributed by atoms with Gasteiger partial charge in [0.2, 0.25) is 11.8 Å². The van der Waals surface area contributed by atoms with Gasteiger partial charge in [0.15, 0.2) is 11.5 Å². The number of anilines is 1. The summed E-state index contributed by atoms with van der Waals surface area (Å²) in [5.41, 5.74) is 0.667. The Kier molecular flexibility index (Phi) is 7.37. The molecule has 0 aliphatic carbocycles. The number of hydrogen-bond acceptors (Lipinski definition) is 7. The highest BCUT2D eigenvalue weighted by molar-refractivity contribution is 8.00. The summed E-state index contributed by atoms with van der Waals surface area (Å²) in [6.45, 7) is 4.83. The summed E-state index contributed by atoms with van der Waals surface area (Å²) >= 11 is 7.24. The second-order valence-corrected chi connectivity index (χ2v) is 7.22. The second kappa shape index (κ2) is 10.2. The third-order valence-electron chi connectivity index (χ3n) is 3.65. The summed E-state index contributed by atoms with van der Waals surface area (Å²) in [5.74, 6) is 1.47. The van der Waals surface area contributed by atoms with Gasteiger partial charge in [-0.1, -0.05) is 16.7 Å². The van der Waals surface area contributed by atoms with Crippen molar-refractivity contribution in [1.82, 2.24) is 10.2 Å². The quantitative estimate of drug-likeness (QED) is 0.479. The van der Waals surface area contributed by atoms with Gasteiger partial charge in [0.25, 0.3) is 0 Å². The smallest absolute Gasteiger partial charge is 0.322 e. The number of nitrogens with zero attached hydrogens (tertiary/aromatic N) is 2. The summed E-state index contributed by atoms with van der Waals surface area (Å²) in [5, 5.41) is 11.1. The normalized spacial score (nSPS) is 10.6. The van der Waals surface area contributed by atoms with E-state index in [4.69, 9.17) is 25.5 Å². The first kappa shape index (κ1) is 21.0. The van der Waals surface area contributed by atoms with Crippen LogP contribution in [0.5, 0.6) is 11.5 Å². The number of halogens is 1. The topological polar surface area (TPSA) is 86.5 Å². The Hall–Kier alpha value is -2.71. The third-order valence-corrected chi connectivity index (χ3v) is 4.91. The van der Waals surface area contributed by atoms with Crippen molar-refractivity contribution >= 4 is 35.3 Å². The van der Waals surface area contributed by atoms with Gasteiger partial charge in [-0.05, 0) is 56.3 Å². The van der Waals surface area contributed by atoms with Gasteiger partial charge < -0.3 is 13.9 Å². The molecule has 0 saturated heterocycles. The number of rotatable bonds is 9. The van der Waals surface area contributed by atoms with Crippen molar-refractivity contribution in [3.05, 3.63) is 47.5 Å². The molecule has 0 atom stereocenters. The van der Waals surface area contributed by atoms with Crippen LogP contribution in [0.15, 0.2) is 51.8 Å². The predicted octanol–water partition coefficient (Wildman–Crippen LogP) is 4.92. The van der Waals surface area contributed by atoms with Crippen LogP contribution in [0.4, 0.5) is 6.01 Å². The number of ether oxygens (including phenoxy) is 2. The highest BCUT2D eigenvalue weighted by Crippen LogP contribution is 2.33. The molecular formula is C20H20ClN3O4S. The lowest BCUT2D eigenvalue weighted by atomic mass is 10.2. The second-order valence-electron chi connectivity index (χ2n) is 5.73. The Bertz CT molecular complexity index is 963. The zero-order chi connectivity index (χ0) is 20.6. The predicted molar refractivity (Wildman–Crippen MR) is 113 cm³/mol. The number of hydrogen-bond donors (Lipinski definition) is 1. The van der Waals surface area contributed by atoms with E-state index in [-0.39, 0.29) is 23.6 Å². The lowest BCUT2D eigenvalue weighted by Gasteiger charge is -2.11. The highest BCUT2D eigenvalue weighted by Gasteiger charge is 2.14. The van der Waals surface area contributed by atoms with Crippen LogP contribution in [0.1, 0.15) is 13.8 Å². The van der Waals surface area contributed by atoms with Crippen LogP contribution in [-0.4, -0.2) is 35.1 Å². The first-order valence-electron chi connectivity index (χ1n) is 9.00. The number of amides is 1. The maximum atomic E-state index is 12.1. The fourth-order valence-electron chi connectivity index (χ4n) is 2.41. The minimum absolute atomic E-state index is 0.0357. The first-order valence-corrected chi connectivity index (χ1v) is 10.4. The maximum Gasteiger partial charge on any atom is 0.322 e. The number of carbonyl (C=O) groups is 1. The van der Waals surface area contributed by atoms with Crippen LogP contribution >= 0.6 is 23.4 Å². The Morgan fingerprint density at radius 1 is 1.07 bits per heavy atom. The number of aromatic nitrogens is 2. The summed E-state index contributed by atoms with van der Waals surface area (Å²) in [4.78, 5) is 13.1. The van der Waals surface area contributed by atoms with E-state index in [1.54, 1.807) is 30.3 Å². The Labute approximate surface area is 177 Å². The average molecular weight is 434 g/mol. The first-order chi connectivity index (χ1) is 14.1. The van der Waals surface area contributed by atoms with Gasteiger partial charge in [0.1, 0.15) is 0 Å². The zero-order valence-electron chi connectivity index (χ0n) is 16.0. The minimum atomic E-state index is -0.248. The van der Waals surface area contributed by atoms with E-state index in [9.17, 15) is 4.79 Å². The van der Waals surface area contributed by atoms with Crippen molar-refractivity contribution in [1.29, 1.82) is 0 Å². The largest absolute Gasteiger partial charge is 0.490 e. The van der Waals surface area contributed by atoms with Crippen molar-refractivity contribution in [2.24, 2.45) is 0 Å². The fourth-order valence-corrected chi connectivity index (χ4v) is 3.23. The van der Waals surface area contributed by atoms with Crippen molar-refractivity contribution in [2.45, 2.75) is 18.7 Å². The molecule has 1 aromatic heterocycles. The van der Waals surface area contributed by atoms with Crippen molar-refractivity contribution in [2.75, 3.05) is 24.3 Å². The molecule has 3 rings (SSSR count). The molecule has 1 heterocycles. The molecule has 152 valence electrons. The van der Waals surface area contributed by atoms with Crippen molar-refractivity contribution in [3.63, 3.8) is 0 Å². The Morgan fingerprint density at radius 2 is 1.79 bits per heavy atom. The van der Waals surface area contributed by atoms with E-state index in [1.165, 1.54) is 11.8 Å². The Morgan fingerprint density at radius 3 is 2.52 bits per heavy atom. The molecule has 3 aromatic rings. The van der Waals surface area contributed by atoms with Gasteiger partial charge in [0.05, 0.1) is 19.0 Å². The lowest BCUT2D eigenvalue weighted by Crippen LogP contribution is -2.14. The average Bonchev–Trinajstić information content (AvgIpc) is 3.17. The zero-order valence-corrected chi connectivity index (χ0v) is 17.5. The molecule has 0 aliphatic rings. The van der Waals surface area contributed by atoms with E-state index in [0.29, 0.717) is 35.3 Å². The van der Waals surface area contributed by atoms with Gasteiger partial charge in [-0.25, -0.2) is 0 Å². The number of thioether (sulfide) groups is 1. The summed E-state index contributed by atoms with van der Waals surface area (Å²) in [6.07, 6.45) is 0. The molecule has 0 saturated carbocycles. The highest BCUT2D eigenvalue weighted by atomic mass is 35.5. The van der Waals surface area contributed by atoms with Crippen LogP contribution in [-0.2, 0) is 4.79 Å². The molecule has 1 amide bonds. The van der Waals surface area contributed by atoms with Crippen LogP contribution in [0.25, 0.3) is 11.5 Å². The van der Waals surface area contributed by atoms with Crippen LogP contribution in [0, 0.1) is 0 Å². The molecule has 29 heavy (non-hydrogen) atoms. The number of nitrogens with one attached hydrogen (secondary N) is 1. The van der Waals surface area contributed by atoms with Gasteiger partial charge in [-0.2, -0.15) is 0 Å². The standard InChI is InChI=1S/C20H20ClN3O4S/c1-3-26-16-10-5-13(11-17(16)27-4-2)19-23-24-20(28-19)22-18(25)12-29-15-8-6-14(21)7-9-15/h5-11H,3-4,12H2,1-2H3,(H,22,24,25). The van der Waals surface area contributed by atoms with Crippen LogP contribution in [0.2, 0.25) is 5.02 Å². The van der Waals surface area contributed by atoms with E-state index in [2.05, 4.69) is 15.5 Å². The minimum Gasteiger partial charge on any atom is -0.490 e. The van der Waals surface area contributed by atoms with Crippen LogP contribution in [0.3, 0.4) is 0 Å². The number of carbonyl (C=O) groups excluding carboxylic acids is 1. The maximum absolute atomic E-state index is 12.1. The van der Waals surface area contributed by atoms with E-state index < -0.39 is 0 Å². The van der Waals surface area contributed by atoms with Crippen molar-refractivity contribution < 1.29 is 18.7 Å². The molecule has 0 bridgehead atoms. The summed E-state index contributed by atoms with van der Waals surface area (Å²) in [6, 6.07) is 12.6. The summed E-state index contributed by atoms with van der Waals surface area (Å²) < 4.78 is 16.7. The van der Waals surface area contributed by atoms with Gasteiger partial charge in [-0.3, -0.25) is 10.1 Å². The molecule has 0 unspecified atom stereocenters. The lowest BCUT2D eigenvalue weighted by molar-refractivity contribution is -0.113. The molecule has 0 aliphatic heterocycles. The molecule has 1 N–H and O–H groups in total. The van der Waals surface area contributed by atoms with Crippen LogP contribution < -0.4 is 14.8 Å². The monoisotopic (exact) mass is 433 g/mol. The molecule has 0 spiro atoms. The molecule has 7 nitrogen and oxygen atoms in total. The molecule has 2 aromatic carbocycles. The fraction of sp³-hybridized carbons (Fsp3) is 0.250. The van der Waals surface area contributed by atoms with Gasteiger partial charge in [-0.15, -0.1) is 16.9 Å². The SMILES string of the molecule is CCOc1ccc(-c2nnc(NC(=O)CSc3ccc(Cl)cc3)o2)cc1OCC. The van der Waals surface area contributed by atoms with Gasteiger partial charge in [0, 0.05) is 15.5 Å². The molecule has 9 heteroatoms. The number of benzene rings is 2. The van der Waals surface area contributed by atoms with Gasteiger partial charge >= 0.3 is 6.01 Å². The molecule has 0 radical (unpaired) electrons. The molecular weight excluding hydrogens is 414 g/mol. The molecule has 0 fully saturated rings. The van der Waals surface area contributed by atoms with E-state index in [0.717, 1.165) is 4.90 Å².